The van der Waals surface area contributed by atoms with E-state index in [9.17, 15) is 0 Å². The predicted molar refractivity (Wildman–Crippen MR) is 224 cm³/mol. The summed E-state index contributed by atoms with van der Waals surface area (Å²) in [5, 5.41) is 4.82. The van der Waals surface area contributed by atoms with E-state index in [1.165, 1.54) is 0 Å². The summed E-state index contributed by atoms with van der Waals surface area (Å²) >= 11 is 0. The van der Waals surface area contributed by atoms with Crippen LogP contribution in [0.4, 0.5) is 0 Å². The van der Waals surface area contributed by atoms with Crippen molar-refractivity contribution < 1.29 is 13.3 Å². The number of hydrogen-bond donors (Lipinski definition) is 0. The summed E-state index contributed by atoms with van der Waals surface area (Å²) in [6.07, 6.45) is 0. The van der Waals surface area contributed by atoms with Crippen LogP contribution in [0, 0.1) is 0 Å². The van der Waals surface area contributed by atoms with Crippen molar-refractivity contribution in [3.8, 4) is 56.8 Å². The largest absolute Gasteiger partial charge is 0.456 e. The Kier molecular flexibility index (Phi) is 6.76. The third-order valence-corrected chi connectivity index (χ3v) is 10.6. The van der Waals surface area contributed by atoms with Gasteiger partial charge in [-0.05, 0) is 54.6 Å². The van der Waals surface area contributed by atoms with Gasteiger partial charge in [-0.2, -0.15) is 0 Å². The number of furan rings is 3. The zero-order chi connectivity index (χ0) is 37.5. The molecule has 7 aromatic carbocycles. The van der Waals surface area contributed by atoms with Gasteiger partial charge in [0.15, 0.2) is 28.9 Å². The van der Waals surface area contributed by atoms with Crippen LogP contribution >= 0.6 is 0 Å². The number of aromatic nitrogens is 5. The Morgan fingerprint density at radius 1 is 0.316 bits per heavy atom. The van der Waals surface area contributed by atoms with Gasteiger partial charge in [0.05, 0.1) is 0 Å². The molecule has 5 aromatic heterocycles. The summed E-state index contributed by atoms with van der Waals surface area (Å²) in [6, 6.07) is 54.3. The molecule has 57 heavy (non-hydrogen) atoms. The van der Waals surface area contributed by atoms with E-state index < -0.39 is 0 Å². The zero-order valence-corrected chi connectivity index (χ0v) is 30.0. The van der Waals surface area contributed by atoms with Crippen LogP contribution in [-0.2, 0) is 0 Å². The average molecular weight is 734 g/mol. The van der Waals surface area contributed by atoms with Crippen molar-refractivity contribution in [2.75, 3.05) is 0 Å². The molecule has 0 aliphatic carbocycles. The molecule has 0 saturated carbocycles. The summed E-state index contributed by atoms with van der Waals surface area (Å²) < 4.78 is 19.1. The van der Waals surface area contributed by atoms with Crippen molar-refractivity contribution >= 4 is 65.9 Å². The number of rotatable bonds is 5. The molecule has 0 aliphatic heterocycles. The monoisotopic (exact) mass is 733 g/mol. The van der Waals surface area contributed by atoms with Crippen molar-refractivity contribution in [1.29, 1.82) is 0 Å². The molecule has 0 fully saturated rings. The smallest absolute Gasteiger partial charge is 0.180 e. The quantitative estimate of drug-likeness (QED) is 0.172. The van der Waals surface area contributed by atoms with Crippen LogP contribution in [-0.4, -0.2) is 24.9 Å². The summed E-state index contributed by atoms with van der Waals surface area (Å²) in [6.45, 7) is 0. The molecule has 0 radical (unpaired) electrons. The minimum atomic E-state index is 0.524. The van der Waals surface area contributed by atoms with Crippen molar-refractivity contribution in [1.82, 2.24) is 24.9 Å². The van der Waals surface area contributed by atoms with E-state index in [0.717, 1.165) is 88.3 Å². The fraction of sp³-hybridized carbons (Fsp3) is 0. The van der Waals surface area contributed by atoms with Crippen LogP contribution in [0.3, 0.4) is 0 Å². The molecule has 0 N–H and O–H groups in total. The van der Waals surface area contributed by atoms with Gasteiger partial charge >= 0.3 is 0 Å². The van der Waals surface area contributed by atoms with Gasteiger partial charge in [0.25, 0.3) is 0 Å². The van der Waals surface area contributed by atoms with E-state index in [-0.39, 0.29) is 0 Å². The molecular weight excluding hydrogens is 707 g/mol. The van der Waals surface area contributed by atoms with E-state index in [2.05, 4.69) is 18.2 Å². The van der Waals surface area contributed by atoms with Crippen molar-refractivity contribution in [2.45, 2.75) is 0 Å². The highest BCUT2D eigenvalue weighted by Gasteiger charge is 2.21. The minimum absolute atomic E-state index is 0.524. The molecule has 8 heteroatoms. The summed E-state index contributed by atoms with van der Waals surface area (Å²) in [7, 11) is 0. The maximum Gasteiger partial charge on any atom is 0.180 e. The Bertz CT molecular complexity index is 3530. The average Bonchev–Trinajstić information content (AvgIpc) is 3.97. The van der Waals surface area contributed by atoms with Crippen molar-refractivity contribution in [2.24, 2.45) is 0 Å². The standard InChI is InChI=1S/C49H27N5O3/c1-3-12-28(13-4-1)43-45-44(34-17-8-10-20-38(34)57-45)51-47(50-43)30-23-25-39-36(26-30)42-35(18-11-21-40(42)55-39)49-53-46(29-14-5-2-6-15-29)52-48(54-49)31-22-24-33-32-16-7-9-19-37(32)56-41(33)27-31/h1-27H. The topological polar surface area (TPSA) is 104 Å². The number of nitrogens with zero attached hydrogens (tertiary/aromatic N) is 5. The second-order valence-electron chi connectivity index (χ2n) is 14.0. The number of para-hydroxylation sites is 2. The van der Waals surface area contributed by atoms with Crippen molar-refractivity contribution in [3.05, 3.63) is 164 Å². The van der Waals surface area contributed by atoms with Gasteiger partial charge in [-0.3, -0.25) is 0 Å². The first-order valence-electron chi connectivity index (χ1n) is 18.7. The molecule has 0 amide bonds. The Labute approximate surface area is 323 Å². The van der Waals surface area contributed by atoms with E-state index in [1.807, 2.05) is 146 Å². The lowest BCUT2D eigenvalue weighted by molar-refractivity contribution is 0.667. The highest BCUT2D eigenvalue weighted by atomic mass is 16.3. The lowest BCUT2D eigenvalue weighted by Crippen LogP contribution is -2.00. The Hall–Kier alpha value is -7.97. The first-order chi connectivity index (χ1) is 28.2. The van der Waals surface area contributed by atoms with Gasteiger partial charge in [0.1, 0.15) is 39.1 Å². The lowest BCUT2D eigenvalue weighted by Gasteiger charge is -2.09. The molecule has 0 atom stereocenters. The predicted octanol–water partition coefficient (Wildman–Crippen LogP) is 12.7. The van der Waals surface area contributed by atoms with Crippen LogP contribution in [0.25, 0.3) is 123 Å². The molecule has 12 aromatic rings. The number of fused-ring (bicyclic) bond motifs is 9. The normalized spacial score (nSPS) is 11.9. The third-order valence-electron chi connectivity index (χ3n) is 10.6. The molecule has 0 spiro atoms. The Morgan fingerprint density at radius 2 is 0.895 bits per heavy atom. The molecule has 0 aliphatic rings. The Morgan fingerprint density at radius 3 is 1.72 bits per heavy atom. The summed E-state index contributed by atoms with van der Waals surface area (Å²) in [5.74, 6) is 2.20. The van der Waals surface area contributed by atoms with Crippen LogP contribution < -0.4 is 0 Å². The molecular formula is C49H27N5O3. The zero-order valence-electron chi connectivity index (χ0n) is 30.0. The van der Waals surface area contributed by atoms with Gasteiger partial charge in [0.2, 0.25) is 0 Å². The molecule has 266 valence electrons. The van der Waals surface area contributed by atoms with Gasteiger partial charge in [-0.15, -0.1) is 0 Å². The number of benzene rings is 7. The minimum Gasteiger partial charge on any atom is -0.456 e. The fourth-order valence-corrected chi connectivity index (χ4v) is 7.87. The molecule has 8 nitrogen and oxygen atoms in total. The second-order valence-corrected chi connectivity index (χ2v) is 14.0. The van der Waals surface area contributed by atoms with Gasteiger partial charge in [0, 0.05) is 54.7 Å². The first kappa shape index (κ1) is 31.4. The van der Waals surface area contributed by atoms with E-state index in [0.29, 0.717) is 34.5 Å². The van der Waals surface area contributed by atoms with E-state index in [4.69, 9.17) is 38.2 Å². The van der Waals surface area contributed by atoms with Crippen LogP contribution in [0.2, 0.25) is 0 Å². The Balaban J connectivity index is 1.06. The molecule has 0 bridgehead atoms. The van der Waals surface area contributed by atoms with Crippen LogP contribution in [0.15, 0.2) is 177 Å². The second kappa shape index (κ2) is 12.3. The van der Waals surface area contributed by atoms with Crippen molar-refractivity contribution in [3.63, 3.8) is 0 Å². The first-order valence-corrected chi connectivity index (χ1v) is 18.7. The lowest BCUT2D eigenvalue weighted by atomic mass is 10.0. The maximum absolute atomic E-state index is 6.48. The van der Waals surface area contributed by atoms with E-state index in [1.54, 1.807) is 0 Å². The summed E-state index contributed by atoms with van der Waals surface area (Å²) in [4.78, 5) is 25.5. The van der Waals surface area contributed by atoms with Gasteiger partial charge < -0.3 is 13.3 Å². The maximum atomic E-state index is 6.48. The highest BCUT2D eigenvalue weighted by Crippen LogP contribution is 2.40. The molecule has 5 heterocycles. The number of hydrogen-bond acceptors (Lipinski definition) is 8. The van der Waals surface area contributed by atoms with E-state index >= 15 is 0 Å². The highest BCUT2D eigenvalue weighted by molar-refractivity contribution is 6.13. The van der Waals surface area contributed by atoms with Gasteiger partial charge in [-0.1, -0.05) is 109 Å². The van der Waals surface area contributed by atoms with Crippen LogP contribution in [0.5, 0.6) is 0 Å². The third kappa shape index (κ3) is 5.04. The molecule has 0 unspecified atom stereocenters. The molecule has 0 saturated heterocycles. The van der Waals surface area contributed by atoms with Crippen LogP contribution in [0.1, 0.15) is 0 Å². The summed E-state index contributed by atoms with van der Waals surface area (Å²) in [5.41, 5.74) is 10.3. The molecule has 12 rings (SSSR count). The SMILES string of the molecule is c1ccc(-c2nc(-c3ccc4c(c3)oc3ccccc34)nc(-c3cccc4oc5ccc(-c6nc(-c7ccccc7)c7oc8ccccc8c7n6)cc5c34)n2)cc1. The van der Waals surface area contributed by atoms with Gasteiger partial charge in [-0.25, -0.2) is 24.9 Å². The fourth-order valence-electron chi connectivity index (χ4n) is 7.87.